The highest BCUT2D eigenvalue weighted by Gasteiger charge is 2.13. The van der Waals surface area contributed by atoms with Crippen molar-refractivity contribution in [2.75, 3.05) is 12.4 Å². The lowest BCUT2D eigenvalue weighted by Gasteiger charge is -2.19. The molecule has 1 amide bonds. The molecule has 0 heterocycles. The quantitative estimate of drug-likeness (QED) is 0.647. The van der Waals surface area contributed by atoms with Crippen molar-refractivity contribution in [3.63, 3.8) is 0 Å². The van der Waals surface area contributed by atoms with E-state index < -0.39 is 0 Å². The minimum absolute atomic E-state index is 0.0319. The number of carbonyl (C=O) groups is 1. The third-order valence-corrected chi connectivity index (χ3v) is 2.88. The standard InChI is InChI=1S/C14H20ClNO/c1-14(2,3)12-7-5-11(6-8-12)13(17)16-10-4-9-15/h5-8H,4,9-10H2,1-3H3,(H,16,17). The van der Waals surface area contributed by atoms with Crippen LogP contribution in [0.4, 0.5) is 0 Å². The smallest absolute Gasteiger partial charge is 0.251 e. The van der Waals surface area contributed by atoms with Gasteiger partial charge in [0.1, 0.15) is 0 Å². The van der Waals surface area contributed by atoms with Gasteiger partial charge in [-0.25, -0.2) is 0 Å². The largest absolute Gasteiger partial charge is 0.352 e. The molecule has 0 radical (unpaired) electrons. The molecule has 0 saturated carbocycles. The van der Waals surface area contributed by atoms with Crippen molar-refractivity contribution in [1.29, 1.82) is 0 Å². The predicted octanol–water partition coefficient (Wildman–Crippen LogP) is 3.34. The Hall–Kier alpha value is -1.02. The van der Waals surface area contributed by atoms with Crippen LogP contribution in [-0.4, -0.2) is 18.3 Å². The zero-order valence-corrected chi connectivity index (χ0v) is 11.5. The van der Waals surface area contributed by atoms with Gasteiger partial charge in [0.2, 0.25) is 0 Å². The molecule has 0 spiro atoms. The van der Waals surface area contributed by atoms with Crippen molar-refractivity contribution < 1.29 is 4.79 Å². The molecule has 0 saturated heterocycles. The van der Waals surface area contributed by atoms with Gasteiger partial charge in [-0.1, -0.05) is 32.9 Å². The van der Waals surface area contributed by atoms with Gasteiger partial charge >= 0.3 is 0 Å². The molecule has 0 aliphatic rings. The van der Waals surface area contributed by atoms with E-state index in [-0.39, 0.29) is 11.3 Å². The fourth-order valence-electron chi connectivity index (χ4n) is 1.49. The van der Waals surface area contributed by atoms with E-state index in [1.54, 1.807) is 0 Å². The van der Waals surface area contributed by atoms with Crippen LogP contribution >= 0.6 is 11.6 Å². The summed E-state index contributed by atoms with van der Waals surface area (Å²) in [6, 6.07) is 7.76. The molecule has 3 heteroatoms. The molecule has 94 valence electrons. The Kier molecular flexibility index (Phi) is 5.01. The van der Waals surface area contributed by atoms with Crippen LogP contribution in [0.1, 0.15) is 43.1 Å². The Bertz CT molecular complexity index is 365. The van der Waals surface area contributed by atoms with Gasteiger partial charge in [-0.3, -0.25) is 4.79 Å². The first kappa shape index (κ1) is 14.0. The van der Waals surface area contributed by atoms with Crippen molar-refractivity contribution in [3.8, 4) is 0 Å². The molecule has 0 fully saturated rings. The molecule has 0 aliphatic heterocycles. The van der Waals surface area contributed by atoms with Gasteiger partial charge < -0.3 is 5.32 Å². The molecule has 0 bridgehead atoms. The number of hydrogen-bond acceptors (Lipinski definition) is 1. The summed E-state index contributed by atoms with van der Waals surface area (Å²) >= 11 is 5.55. The minimum atomic E-state index is -0.0319. The third-order valence-electron chi connectivity index (χ3n) is 2.61. The van der Waals surface area contributed by atoms with Gasteiger partial charge in [0.15, 0.2) is 0 Å². The number of hydrogen-bond donors (Lipinski definition) is 1. The molecular formula is C14H20ClNO. The number of halogens is 1. The van der Waals surface area contributed by atoms with Crippen LogP contribution in [0.3, 0.4) is 0 Å². The van der Waals surface area contributed by atoms with E-state index in [1.807, 2.05) is 24.3 Å². The Morgan fingerprint density at radius 3 is 2.29 bits per heavy atom. The van der Waals surface area contributed by atoms with Crippen LogP contribution in [0.15, 0.2) is 24.3 Å². The maximum atomic E-state index is 11.7. The maximum absolute atomic E-state index is 11.7. The highest BCUT2D eigenvalue weighted by molar-refractivity contribution is 6.17. The van der Waals surface area contributed by atoms with Crippen molar-refractivity contribution in [1.82, 2.24) is 5.32 Å². The summed E-state index contributed by atoms with van der Waals surface area (Å²) in [7, 11) is 0. The first-order valence-corrected chi connectivity index (χ1v) is 6.43. The number of amides is 1. The summed E-state index contributed by atoms with van der Waals surface area (Å²) in [6.07, 6.45) is 0.799. The highest BCUT2D eigenvalue weighted by Crippen LogP contribution is 2.22. The van der Waals surface area contributed by atoms with Gasteiger partial charge in [0.05, 0.1) is 0 Å². The summed E-state index contributed by atoms with van der Waals surface area (Å²) in [6.45, 7) is 7.09. The second-order valence-corrected chi connectivity index (χ2v) is 5.50. The summed E-state index contributed by atoms with van der Waals surface area (Å²) in [5.41, 5.74) is 2.05. The molecule has 0 unspecified atom stereocenters. The molecule has 2 nitrogen and oxygen atoms in total. The van der Waals surface area contributed by atoms with Crippen molar-refractivity contribution in [2.45, 2.75) is 32.6 Å². The van der Waals surface area contributed by atoms with E-state index in [2.05, 4.69) is 26.1 Å². The number of rotatable bonds is 4. The van der Waals surface area contributed by atoms with Crippen LogP contribution in [0, 0.1) is 0 Å². The zero-order chi connectivity index (χ0) is 12.9. The molecule has 1 aromatic rings. The van der Waals surface area contributed by atoms with E-state index >= 15 is 0 Å². The van der Waals surface area contributed by atoms with E-state index in [4.69, 9.17) is 11.6 Å². The topological polar surface area (TPSA) is 29.1 Å². The third kappa shape index (κ3) is 4.39. The average Bonchev–Trinajstić information content (AvgIpc) is 2.28. The Balaban J connectivity index is 2.64. The van der Waals surface area contributed by atoms with Crippen molar-refractivity contribution in [3.05, 3.63) is 35.4 Å². The Morgan fingerprint density at radius 2 is 1.82 bits per heavy atom. The van der Waals surface area contributed by atoms with Crippen LogP contribution < -0.4 is 5.32 Å². The van der Waals surface area contributed by atoms with E-state index in [1.165, 1.54) is 5.56 Å². The van der Waals surface area contributed by atoms with Crippen LogP contribution in [0.5, 0.6) is 0 Å². The molecule has 0 aliphatic carbocycles. The van der Waals surface area contributed by atoms with Crippen LogP contribution in [-0.2, 0) is 5.41 Å². The molecule has 0 atom stereocenters. The van der Waals surface area contributed by atoms with Crippen molar-refractivity contribution in [2.24, 2.45) is 0 Å². The summed E-state index contributed by atoms with van der Waals surface area (Å²) in [5, 5.41) is 2.83. The van der Waals surface area contributed by atoms with Gasteiger partial charge in [-0.2, -0.15) is 0 Å². The number of nitrogens with one attached hydrogen (secondary N) is 1. The normalized spacial score (nSPS) is 11.3. The first-order valence-electron chi connectivity index (χ1n) is 5.90. The molecular weight excluding hydrogens is 234 g/mol. The summed E-state index contributed by atoms with van der Waals surface area (Å²) in [4.78, 5) is 11.7. The minimum Gasteiger partial charge on any atom is -0.352 e. The average molecular weight is 254 g/mol. The lowest BCUT2D eigenvalue weighted by atomic mass is 9.87. The molecule has 1 aromatic carbocycles. The van der Waals surface area contributed by atoms with Gasteiger partial charge in [-0.05, 0) is 29.5 Å². The van der Waals surface area contributed by atoms with Gasteiger partial charge in [0, 0.05) is 18.0 Å². The second kappa shape index (κ2) is 6.06. The van der Waals surface area contributed by atoms with Crippen molar-refractivity contribution >= 4 is 17.5 Å². The zero-order valence-electron chi connectivity index (χ0n) is 10.7. The fraction of sp³-hybridized carbons (Fsp3) is 0.500. The fourth-order valence-corrected chi connectivity index (χ4v) is 1.63. The Labute approximate surface area is 108 Å². The van der Waals surface area contributed by atoms with Gasteiger partial charge in [-0.15, -0.1) is 11.6 Å². The lowest BCUT2D eigenvalue weighted by Crippen LogP contribution is -2.24. The maximum Gasteiger partial charge on any atom is 0.251 e. The van der Waals surface area contributed by atoms with E-state index in [9.17, 15) is 4.79 Å². The highest BCUT2D eigenvalue weighted by atomic mass is 35.5. The van der Waals surface area contributed by atoms with Gasteiger partial charge in [0.25, 0.3) is 5.91 Å². The molecule has 1 rings (SSSR count). The molecule has 0 aromatic heterocycles. The lowest BCUT2D eigenvalue weighted by molar-refractivity contribution is 0.0953. The Morgan fingerprint density at radius 1 is 1.24 bits per heavy atom. The van der Waals surface area contributed by atoms with Crippen LogP contribution in [0.2, 0.25) is 0 Å². The predicted molar refractivity (Wildman–Crippen MR) is 72.8 cm³/mol. The molecule has 17 heavy (non-hydrogen) atoms. The summed E-state index contributed by atoms with van der Waals surface area (Å²) in [5.74, 6) is 0.541. The van der Waals surface area contributed by atoms with E-state index in [0.29, 0.717) is 18.0 Å². The first-order chi connectivity index (χ1) is 7.95. The number of benzene rings is 1. The number of alkyl halides is 1. The van der Waals surface area contributed by atoms with E-state index in [0.717, 1.165) is 6.42 Å². The van der Waals surface area contributed by atoms with Crippen LogP contribution in [0.25, 0.3) is 0 Å². The monoisotopic (exact) mass is 253 g/mol. The molecule has 1 N–H and O–H groups in total. The summed E-state index contributed by atoms with van der Waals surface area (Å²) < 4.78 is 0. The SMILES string of the molecule is CC(C)(C)c1ccc(C(=O)NCCCCl)cc1. The number of carbonyl (C=O) groups excluding carboxylic acids is 1. The second-order valence-electron chi connectivity index (χ2n) is 5.13.